The van der Waals surface area contributed by atoms with Crippen molar-refractivity contribution in [2.75, 3.05) is 24.6 Å². The molecule has 4 nitrogen and oxygen atoms in total. The summed E-state index contributed by atoms with van der Waals surface area (Å²) in [5.74, 6) is 0.777. The second kappa shape index (κ2) is 5.34. The number of aliphatic hydroxyl groups is 1. The first kappa shape index (κ1) is 10.7. The summed E-state index contributed by atoms with van der Waals surface area (Å²) in [7, 11) is 0. The lowest BCUT2D eigenvalue weighted by Crippen LogP contribution is -2.27. The molecule has 0 saturated carbocycles. The van der Waals surface area contributed by atoms with Gasteiger partial charge in [-0.1, -0.05) is 6.08 Å². The van der Waals surface area contributed by atoms with E-state index in [2.05, 4.69) is 16.8 Å². The van der Waals surface area contributed by atoms with Gasteiger partial charge in [0, 0.05) is 13.1 Å². The Morgan fingerprint density at radius 1 is 1.64 bits per heavy atom. The van der Waals surface area contributed by atoms with Crippen LogP contribution in [-0.2, 0) is 0 Å². The molecule has 1 rings (SSSR count). The lowest BCUT2D eigenvalue weighted by Gasteiger charge is -2.20. The zero-order valence-electron chi connectivity index (χ0n) is 8.35. The van der Waals surface area contributed by atoms with Crippen molar-refractivity contribution in [1.29, 1.82) is 0 Å². The second-order valence-electron chi connectivity index (χ2n) is 3.05. The van der Waals surface area contributed by atoms with Crippen LogP contribution in [0.15, 0.2) is 24.9 Å². The van der Waals surface area contributed by atoms with E-state index in [0.29, 0.717) is 13.1 Å². The van der Waals surface area contributed by atoms with Crippen molar-refractivity contribution >= 4 is 5.82 Å². The molecular formula is C10H15N3O. The van der Waals surface area contributed by atoms with Gasteiger partial charge in [0.05, 0.1) is 12.8 Å². The van der Waals surface area contributed by atoms with Gasteiger partial charge in [0.25, 0.3) is 0 Å². The van der Waals surface area contributed by atoms with Crippen molar-refractivity contribution in [3.63, 3.8) is 0 Å². The molecule has 0 amide bonds. The largest absolute Gasteiger partial charge is 0.395 e. The van der Waals surface area contributed by atoms with Crippen LogP contribution >= 0.6 is 0 Å². The minimum Gasteiger partial charge on any atom is -0.395 e. The van der Waals surface area contributed by atoms with Crippen molar-refractivity contribution in [2.45, 2.75) is 6.92 Å². The molecule has 0 unspecified atom stereocenters. The molecule has 14 heavy (non-hydrogen) atoms. The summed E-state index contributed by atoms with van der Waals surface area (Å²) >= 11 is 0. The molecule has 0 fully saturated rings. The van der Waals surface area contributed by atoms with Crippen molar-refractivity contribution in [3.05, 3.63) is 30.5 Å². The molecule has 0 atom stereocenters. The van der Waals surface area contributed by atoms with E-state index in [-0.39, 0.29) is 6.61 Å². The van der Waals surface area contributed by atoms with Crippen LogP contribution in [-0.4, -0.2) is 35.0 Å². The molecule has 0 aliphatic rings. The first-order chi connectivity index (χ1) is 6.77. The summed E-state index contributed by atoms with van der Waals surface area (Å²) in [4.78, 5) is 1.92. The second-order valence-corrected chi connectivity index (χ2v) is 3.05. The number of anilines is 1. The van der Waals surface area contributed by atoms with Crippen LogP contribution in [0.1, 0.15) is 5.56 Å². The zero-order valence-corrected chi connectivity index (χ0v) is 8.35. The van der Waals surface area contributed by atoms with Crippen molar-refractivity contribution in [1.82, 2.24) is 10.2 Å². The van der Waals surface area contributed by atoms with Crippen molar-refractivity contribution < 1.29 is 5.11 Å². The van der Waals surface area contributed by atoms with E-state index in [1.165, 1.54) is 0 Å². The number of aromatic nitrogens is 2. The average molecular weight is 193 g/mol. The quantitative estimate of drug-likeness (QED) is 0.702. The van der Waals surface area contributed by atoms with Crippen molar-refractivity contribution in [3.8, 4) is 0 Å². The van der Waals surface area contributed by atoms with Crippen LogP contribution in [0.25, 0.3) is 0 Å². The first-order valence-electron chi connectivity index (χ1n) is 4.54. The lowest BCUT2D eigenvalue weighted by molar-refractivity contribution is 0.302. The highest BCUT2D eigenvalue weighted by molar-refractivity contribution is 5.39. The number of hydrogen-bond donors (Lipinski definition) is 1. The van der Waals surface area contributed by atoms with E-state index in [1.807, 2.05) is 17.9 Å². The molecular weight excluding hydrogens is 178 g/mol. The zero-order chi connectivity index (χ0) is 10.4. The number of nitrogens with zero attached hydrogens (tertiary/aromatic N) is 3. The fourth-order valence-electron chi connectivity index (χ4n) is 1.18. The molecule has 1 N–H and O–H groups in total. The minimum absolute atomic E-state index is 0.101. The Bertz CT molecular complexity index is 301. The van der Waals surface area contributed by atoms with Crippen LogP contribution in [0.2, 0.25) is 0 Å². The number of aryl methyl sites for hydroxylation is 1. The maximum atomic E-state index is 8.87. The third-order valence-electron chi connectivity index (χ3n) is 1.82. The fourth-order valence-corrected chi connectivity index (χ4v) is 1.18. The van der Waals surface area contributed by atoms with Crippen LogP contribution in [0.4, 0.5) is 5.82 Å². The summed E-state index contributed by atoms with van der Waals surface area (Å²) in [6.45, 7) is 6.93. The highest BCUT2D eigenvalue weighted by Gasteiger charge is 2.05. The number of rotatable bonds is 5. The molecule has 0 radical (unpaired) electrons. The van der Waals surface area contributed by atoms with Crippen LogP contribution in [0.3, 0.4) is 0 Å². The fraction of sp³-hybridized carbons (Fsp3) is 0.400. The Labute approximate surface area is 83.9 Å². The Kier molecular flexibility index (Phi) is 4.07. The maximum Gasteiger partial charge on any atom is 0.151 e. The van der Waals surface area contributed by atoms with Gasteiger partial charge in [0.2, 0.25) is 0 Å². The van der Waals surface area contributed by atoms with E-state index in [9.17, 15) is 0 Å². The van der Waals surface area contributed by atoms with Gasteiger partial charge in [-0.3, -0.25) is 0 Å². The Balaban J connectivity index is 2.80. The molecule has 0 aliphatic carbocycles. The highest BCUT2D eigenvalue weighted by Crippen LogP contribution is 2.09. The minimum atomic E-state index is 0.101. The normalized spacial score (nSPS) is 9.86. The topological polar surface area (TPSA) is 49.2 Å². The monoisotopic (exact) mass is 193 g/mol. The van der Waals surface area contributed by atoms with Gasteiger partial charge in [-0.2, -0.15) is 5.10 Å². The summed E-state index contributed by atoms with van der Waals surface area (Å²) < 4.78 is 0. The molecule has 0 saturated heterocycles. The SMILES string of the molecule is C=CCN(CCO)c1cc(C)cnn1. The van der Waals surface area contributed by atoms with Gasteiger partial charge in [-0.05, 0) is 18.6 Å². The Morgan fingerprint density at radius 2 is 2.43 bits per heavy atom. The molecule has 1 aromatic rings. The van der Waals surface area contributed by atoms with Crippen LogP contribution in [0.5, 0.6) is 0 Å². The lowest BCUT2D eigenvalue weighted by atomic mass is 10.3. The van der Waals surface area contributed by atoms with Crippen LogP contribution in [0, 0.1) is 6.92 Å². The van der Waals surface area contributed by atoms with E-state index in [4.69, 9.17) is 5.11 Å². The Morgan fingerprint density at radius 3 is 3.00 bits per heavy atom. The Hall–Kier alpha value is -1.42. The molecule has 0 aliphatic heterocycles. The van der Waals surface area contributed by atoms with E-state index < -0.39 is 0 Å². The van der Waals surface area contributed by atoms with Gasteiger partial charge >= 0.3 is 0 Å². The van der Waals surface area contributed by atoms with Gasteiger partial charge in [0.1, 0.15) is 0 Å². The molecule has 1 heterocycles. The molecule has 0 bridgehead atoms. The summed E-state index contributed by atoms with van der Waals surface area (Å²) in [6, 6.07) is 1.94. The number of hydrogen-bond acceptors (Lipinski definition) is 4. The van der Waals surface area contributed by atoms with Gasteiger partial charge < -0.3 is 10.0 Å². The summed E-state index contributed by atoms with van der Waals surface area (Å²) in [5, 5.41) is 16.7. The van der Waals surface area contributed by atoms with Gasteiger partial charge in [0.15, 0.2) is 5.82 Å². The first-order valence-corrected chi connectivity index (χ1v) is 4.54. The third kappa shape index (κ3) is 2.81. The van der Waals surface area contributed by atoms with Crippen LogP contribution < -0.4 is 4.90 Å². The predicted molar refractivity (Wildman–Crippen MR) is 56.3 cm³/mol. The van der Waals surface area contributed by atoms with E-state index in [0.717, 1.165) is 11.4 Å². The highest BCUT2D eigenvalue weighted by atomic mass is 16.3. The van der Waals surface area contributed by atoms with Gasteiger partial charge in [-0.15, -0.1) is 11.7 Å². The summed E-state index contributed by atoms with van der Waals surface area (Å²) in [5.41, 5.74) is 1.06. The maximum absolute atomic E-state index is 8.87. The molecule has 4 heteroatoms. The number of aliphatic hydroxyl groups excluding tert-OH is 1. The van der Waals surface area contributed by atoms with Gasteiger partial charge in [-0.25, -0.2) is 0 Å². The smallest absolute Gasteiger partial charge is 0.151 e. The molecule has 0 aromatic carbocycles. The van der Waals surface area contributed by atoms with E-state index in [1.54, 1.807) is 12.3 Å². The van der Waals surface area contributed by atoms with E-state index >= 15 is 0 Å². The molecule has 76 valence electrons. The third-order valence-corrected chi connectivity index (χ3v) is 1.82. The van der Waals surface area contributed by atoms with Crippen molar-refractivity contribution in [2.24, 2.45) is 0 Å². The molecule has 1 aromatic heterocycles. The average Bonchev–Trinajstić information content (AvgIpc) is 2.17. The summed E-state index contributed by atoms with van der Waals surface area (Å²) in [6.07, 6.45) is 3.48. The molecule has 0 spiro atoms. The standard InChI is InChI=1S/C10H15N3O/c1-3-4-13(5-6-14)10-7-9(2)8-11-12-10/h3,7-8,14H,1,4-6H2,2H3. The predicted octanol–water partition coefficient (Wildman–Crippen LogP) is 0.770.